The molecular weight excluding hydrogens is 246 g/mol. The number of nitrogens with zero attached hydrogens (tertiary/aromatic N) is 2. The molecule has 0 saturated carbocycles. The topological polar surface area (TPSA) is 37.4 Å². The molecular formula is C13H23N3OS. The average molecular weight is 269 g/mol. The summed E-state index contributed by atoms with van der Waals surface area (Å²) < 4.78 is 5.70. The van der Waals surface area contributed by atoms with Crippen LogP contribution in [0.5, 0.6) is 0 Å². The highest BCUT2D eigenvalue weighted by atomic mass is 32.1. The van der Waals surface area contributed by atoms with E-state index in [0.717, 1.165) is 37.9 Å². The summed E-state index contributed by atoms with van der Waals surface area (Å²) in [6, 6.07) is 0. The highest BCUT2D eigenvalue weighted by Gasteiger charge is 2.20. The minimum atomic E-state index is 0.395. The number of thiazole rings is 1. The maximum atomic E-state index is 5.70. The molecule has 18 heavy (non-hydrogen) atoms. The number of aromatic nitrogens is 1. The summed E-state index contributed by atoms with van der Waals surface area (Å²) in [7, 11) is 0. The predicted octanol–water partition coefficient (Wildman–Crippen LogP) is 2.26. The third kappa shape index (κ3) is 3.67. The lowest BCUT2D eigenvalue weighted by Crippen LogP contribution is -2.31. The third-order valence-corrected chi connectivity index (χ3v) is 4.25. The van der Waals surface area contributed by atoms with Gasteiger partial charge in [-0.3, -0.25) is 0 Å². The Morgan fingerprint density at radius 1 is 1.56 bits per heavy atom. The molecule has 0 aromatic carbocycles. The van der Waals surface area contributed by atoms with Crippen molar-refractivity contribution in [3.05, 3.63) is 11.1 Å². The lowest BCUT2D eigenvalue weighted by Gasteiger charge is -2.23. The normalized spacial score (nSPS) is 19.3. The fourth-order valence-electron chi connectivity index (χ4n) is 2.15. The molecule has 1 atom stereocenters. The van der Waals surface area contributed by atoms with Gasteiger partial charge in [-0.05, 0) is 26.3 Å². The number of hydrogen-bond acceptors (Lipinski definition) is 5. The smallest absolute Gasteiger partial charge is 0.185 e. The van der Waals surface area contributed by atoms with Crippen molar-refractivity contribution in [1.29, 1.82) is 0 Å². The van der Waals surface area contributed by atoms with Gasteiger partial charge in [0, 0.05) is 37.3 Å². The first kappa shape index (κ1) is 13.8. The summed E-state index contributed by atoms with van der Waals surface area (Å²) >= 11 is 1.79. The van der Waals surface area contributed by atoms with E-state index in [-0.39, 0.29) is 0 Å². The third-order valence-electron chi connectivity index (χ3n) is 3.19. The van der Waals surface area contributed by atoms with Gasteiger partial charge in [0.15, 0.2) is 5.13 Å². The van der Waals surface area contributed by atoms with E-state index >= 15 is 0 Å². The summed E-state index contributed by atoms with van der Waals surface area (Å²) in [6.07, 6.45) is 4.77. The maximum absolute atomic E-state index is 5.70. The molecule has 1 unspecified atom stereocenters. The lowest BCUT2D eigenvalue weighted by atomic mass is 10.2. The number of rotatable bonds is 7. The molecule has 2 rings (SSSR count). The van der Waals surface area contributed by atoms with Crippen molar-refractivity contribution >= 4 is 16.5 Å². The summed E-state index contributed by atoms with van der Waals surface area (Å²) in [5.74, 6) is 0. The van der Waals surface area contributed by atoms with Crippen LogP contribution >= 0.6 is 11.3 Å². The van der Waals surface area contributed by atoms with Crippen LogP contribution in [0.25, 0.3) is 0 Å². The van der Waals surface area contributed by atoms with Crippen LogP contribution in [0.15, 0.2) is 6.20 Å². The van der Waals surface area contributed by atoms with Gasteiger partial charge < -0.3 is 15.0 Å². The Balaban J connectivity index is 1.91. The SMILES string of the molecule is CCNCc1cnc(N(CC)CC2CCCO2)s1. The molecule has 1 saturated heterocycles. The van der Waals surface area contributed by atoms with Crippen molar-refractivity contribution < 1.29 is 4.74 Å². The van der Waals surface area contributed by atoms with E-state index in [1.807, 2.05) is 6.20 Å². The maximum Gasteiger partial charge on any atom is 0.185 e. The van der Waals surface area contributed by atoms with Crippen LogP contribution in [-0.4, -0.2) is 37.3 Å². The van der Waals surface area contributed by atoms with Crippen molar-refractivity contribution in [1.82, 2.24) is 10.3 Å². The molecule has 0 radical (unpaired) electrons. The molecule has 0 aliphatic carbocycles. The molecule has 5 heteroatoms. The zero-order chi connectivity index (χ0) is 12.8. The van der Waals surface area contributed by atoms with E-state index < -0.39 is 0 Å². The van der Waals surface area contributed by atoms with E-state index in [9.17, 15) is 0 Å². The lowest BCUT2D eigenvalue weighted by molar-refractivity contribution is 0.115. The Bertz CT molecular complexity index is 350. The molecule has 1 aliphatic heterocycles. The molecule has 1 aliphatic rings. The van der Waals surface area contributed by atoms with Crippen LogP contribution in [0.2, 0.25) is 0 Å². The van der Waals surface area contributed by atoms with E-state index in [4.69, 9.17) is 4.74 Å². The Hall–Kier alpha value is -0.650. The fraction of sp³-hybridized carbons (Fsp3) is 0.769. The second kappa shape index (κ2) is 7.07. The van der Waals surface area contributed by atoms with Gasteiger partial charge in [-0.1, -0.05) is 6.92 Å². The van der Waals surface area contributed by atoms with Gasteiger partial charge in [-0.2, -0.15) is 0 Å². The molecule has 4 nitrogen and oxygen atoms in total. The van der Waals surface area contributed by atoms with Crippen LogP contribution in [0.3, 0.4) is 0 Å². The van der Waals surface area contributed by atoms with E-state index in [0.29, 0.717) is 6.10 Å². The van der Waals surface area contributed by atoms with Crippen LogP contribution in [0.1, 0.15) is 31.6 Å². The van der Waals surface area contributed by atoms with Crippen molar-refractivity contribution in [3.8, 4) is 0 Å². The summed E-state index contributed by atoms with van der Waals surface area (Å²) in [6.45, 7) is 9.12. The molecule has 1 aromatic heterocycles. The predicted molar refractivity (Wildman–Crippen MR) is 76.4 cm³/mol. The quantitative estimate of drug-likeness (QED) is 0.824. The molecule has 1 aromatic rings. The minimum absolute atomic E-state index is 0.395. The first-order valence-corrected chi connectivity index (χ1v) is 7.67. The van der Waals surface area contributed by atoms with Gasteiger partial charge in [0.25, 0.3) is 0 Å². The van der Waals surface area contributed by atoms with E-state index in [2.05, 4.69) is 29.0 Å². The highest BCUT2D eigenvalue weighted by molar-refractivity contribution is 7.15. The molecule has 102 valence electrons. The van der Waals surface area contributed by atoms with Gasteiger partial charge in [0.05, 0.1) is 6.10 Å². The Morgan fingerprint density at radius 3 is 3.11 bits per heavy atom. The summed E-state index contributed by atoms with van der Waals surface area (Å²) in [5, 5.41) is 4.46. The van der Waals surface area contributed by atoms with Gasteiger partial charge >= 0.3 is 0 Å². The van der Waals surface area contributed by atoms with E-state index in [1.165, 1.54) is 17.7 Å². The fourth-order valence-corrected chi connectivity index (χ4v) is 3.10. The molecule has 1 fully saturated rings. The number of nitrogens with one attached hydrogen (secondary N) is 1. The molecule has 1 N–H and O–H groups in total. The molecule has 2 heterocycles. The molecule has 0 amide bonds. The van der Waals surface area contributed by atoms with Gasteiger partial charge in [0.1, 0.15) is 0 Å². The Labute approximate surface area is 113 Å². The monoisotopic (exact) mass is 269 g/mol. The minimum Gasteiger partial charge on any atom is -0.376 e. The average Bonchev–Trinajstić information content (AvgIpc) is 3.04. The largest absolute Gasteiger partial charge is 0.376 e. The van der Waals surface area contributed by atoms with Crippen molar-refractivity contribution in [2.75, 3.05) is 31.1 Å². The zero-order valence-electron chi connectivity index (χ0n) is 11.3. The number of ether oxygens (including phenoxy) is 1. The van der Waals surface area contributed by atoms with Gasteiger partial charge in [0.2, 0.25) is 0 Å². The van der Waals surface area contributed by atoms with E-state index in [1.54, 1.807) is 11.3 Å². The van der Waals surface area contributed by atoms with Crippen LogP contribution in [-0.2, 0) is 11.3 Å². The second-order valence-corrected chi connectivity index (χ2v) is 5.66. The first-order chi connectivity index (χ1) is 8.83. The number of anilines is 1. The van der Waals surface area contributed by atoms with Gasteiger partial charge in [-0.25, -0.2) is 4.98 Å². The van der Waals surface area contributed by atoms with Crippen molar-refractivity contribution in [2.24, 2.45) is 0 Å². The number of hydrogen-bond donors (Lipinski definition) is 1. The first-order valence-electron chi connectivity index (χ1n) is 6.85. The second-order valence-electron chi connectivity index (χ2n) is 4.56. The zero-order valence-corrected chi connectivity index (χ0v) is 12.1. The Morgan fingerprint density at radius 2 is 2.44 bits per heavy atom. The Kier molecular flexibility index (Phi) is 5.41. The summed E-state index contributed by atoms with van der Waals surface area (Å²) in [5.41, 5.74) is 0. The van der Waals surface area contributed by atoms with Crippen molar-refractivity contribution in [2.45, 2.75) is 39.3 Å². The summed E-state index contributed by atoms with van der Waals surface area (Å²) in [4.78, 5) is 8.16. The highest BCUT2D eigenvalue weighted by Crippen LogP contribution is 2.24. The van der Waals surface area contributed by atoms with Crippen molar-refractivity contribution in [3.63, 3.8) is 0 Å². The molecule has 0 spiro atoms. The van der Waals surface area contributed by atoms with Crippen LogP contribution in [0.4, 0.5) is 5.13 Å². The van der Waals surface area contributed by atoms with Crippen LogP contribution in [0, 0.1) is 0 Å². The standard InChI is InChI=1S/C13H23N3OS/c1-3-14-8-12-9-15-13(18-12)16(4-2)10-11-6-5-7-17-11/h9,11,14H,3-8,10H2,1-2H3. The number of likely N-dealkylation sites (N-methyl/N-ethyl adjacent to an activating group) is 1. The van der Waals surface area contributed by atoms with Crippen LogP contribution < -0.4 is 10.2 Å². The van der Waals surface area contributed by atoms with Gasteiger partial charge in [-0.15, -0.1) is 11.3 Å². The molecule has 0 bridgehead atoms.